The molecule has 1 aliphatic rings. The molecule has 0 amide bonds. The molecule has 0 aliphatic carbocycles. The Hall–Kier alpha value is -0.0151. The van der Waals surface area contributed by atoms with Crippen molar-refractivity contribution < 1.29 is 9.47 Å². The predicted octanol–water partition coefficient (Wildman–Crippen LogP) is 10.0. The van der Waals surface area contributed by atoms with Crippen molar-refractivity contribution in [3.05, 3.63) is 0 Å². The lowest BCUT2D eigenvalue weighted by atomic mass is 9.77. The van der Waals surface area contributed by atoms with E-state index in [1.54, 1.807) is 0 Å². The maximum Gasteiger partial charge on any atom is 0.139 e. The van der Waals surface area contributed by atoms with Crippen molar-refractivity contribution in [2.24, 2.45) is 11.8 Å². The topological polar surface area (TPSA) is 18.5 Å². The van der Waals surface area contributed by atoms with Crippen LogP contribution in [0.25, 0.3) is 0 Å². The number of rotatable bonds is 26. The highest BCUT2D eigenvalue weighted by Gasteiger charge is 2.38. The number of hydrogen-bond donors (Lipinski definition) is 0. The van der Waals surface area contributed by atoms with Crippen LogP contribution in [0.1, 0.15) is 175 Å². The number of hydrogen-bond acceptors (Lipinski definition) is 2. The molecular weight excluding hydrogens is 439 g/mol. The van der Waals surface area contributed by atoms with E-state index in [1.807, 2.05) is 0 Å². The zero-order valence-electron chi connectivity index (χ0n) is 25.7. The average molecular weight is 507 g/mol. The molecule has 1 aliphatic heterocycles. The molecule has 3 atom stereocenters. The third-order valence-corrected chi connectivity index (χ3v) is 8.71. The van der Waals surface area contributed by atoms with Crippen LogP contribution in [0.4, 0.5) is 0 Å². The Labute approximate surface area is 229 Å². The second-order valence-electron chi connectivity index (χ2n) is 12.2. The molecule has 0 bridgehead atoms. The van der Waals surface area contributed by atoms with Gasteiger partial charge in [0.05, 0.1) is 18.8 Å². The van der Waals surface area contributed by atoms with Gasteiger partial charge in [-0.15, -0.1) is 0 Å². The van der Waals surface area contributed by atoms with Gasteiger partial charge in [-0.25, -0.2) is 0 Å². The highest BCUT2D eigenvalue weighted by Crippen LogP contribution is 2.37. The van der Waals surface area contributed by atoms with Crippen LogP contribution in [-0.4, -0.2) is 32.7 Å². The third kappa shape index (κ3) is 16.7. The van der Waals surface area contributed by atoms with Gasteiger partial charge in [0.25, 0.3) is 0 Å². The van der Waals surface area contributed by atoms with Gasteiger partial charge in [-0.2, -0.15) is 0 Å². The summed E-state index contributed by atoms with van der Waals surface area (Å²) in [7, 11) is 2.30. The molecular formula is C33H67BO2. The molecule has 2 nitrogen and oxygen atoms in total. The van der Waals surface area contributed by atoms with Gasteiger partial charge < -0.3 is 9.47 Å². The first-order valence-electron chi connectivity index (χ1n) is 16.9. The fraction of sp³-hybridized carbons (Fsp3) is 1.00. The third-order valence-electron chi connectivity index (χ3n) is 8.71. The van der Waals surface area contributed by atoms with Crippen molar-refractivity contribution in [1.29, 1.82) is 0 Å². The van der Waals surface area contributed by atoms with Gasteiger partial charge in [0, 0.05) is 6.00 Å². The van der Waals surface area contributed by atoms with Crippen molar-refractivity contribution in [2.75, 3.05) is 6.61 Å². The molecule has 0 radical (unpaired) electrons. The lowest BCUT2D eigenvalue weighted by Gasteiger charge is -2.29. The molecule has 1 rings (SSSR count). The Bertz CT molecular complexity index is 431. The van der Waals surface area contributed by atoms with E-state index in [2.05, 4.69) is 35.5 Å². The first-order valence-corrected chi connectivity index (χ1v) is 16.9. The van der Waals surface area contributed by atoms with Crippen molar-refractivity contribution in [1.82, 2.24) is 0 Å². The molecule has 1 unspecified atom stereocenters. The number of ether oxygens (including phenoxy) is 2. The summed E-state index contributed by atoms with van der Waals surface area (Å²) in [6.45, 7) is 10.1. The Morgan fingerprint density at radius 3 is 1.50 bits per heavy atom. The van der Waals surface area contributed by atoms with Gasteiger partial charge in [-0.1, -0.05) is 156 Å². The van der Waals surface area contributed by atoms with Crippen LogP contribution >= 0.6 is 0 Å². The van der Waals surface area contributed by atoms with E-state index in [9.17, 15) is 0 Å². The minimum Gasteiger partial charge on any atom is -0.381 e. The van der Waals surface area contributed by atoms with Gasteiger partial charge in [-0.05, 0) is 31.1 Å². The first-order chi connectivity index (χ1) is 17.7. The Balaban J connectivity index is 2.64. The van der Waals surface area contributed by atoms with E-state index < -0.39 is 0 Å². The lowest BCUT2D eigenvalue weighted by Crippen LogP contribution is -2.31. The summed E-state index contributed by atoms with van der Waals surface area (Å²) in [4.78, 5) is 0. The first kappa shape index (κ1) is 34.0. The van der Waals surface area contributed by atoms with E-state index in [0.29, 0.717) is 24.1 Å². The normalized spacial score (nSPS) is 20.2. The van der Waals surface area contributed by atoms with Crippen molar-refractivity contribution in [3.63, 3.8) is 0 Å². The predicted molar refractivity (Wildman–Crippen MR) is 163 cm³/mol. The summed E-state index contributed by atoms with van der Waals surface area (Å²) in [5.74, 6) is 1.54. The van der Waals surface area contributed by atoms with Crippen LogP contribution in [0.2, 0.25) is 0 Å². The van der Waals surface area contributed by atoms with Gasteiger partial charge in [-0.3, -0.25) is 0 Å². The standard InChI is InChI=1S/C33H67BO2/c1-5-9-13-17-21-25-30(26-22-18-14-10-6-2)35-28-32-31(27-33(34)36-32)29(23-19-15-11-7-3)24-20-16-12-8-4/h29-33H,5-28,34H2,1-4H3/t31-,32?,33+/m0/s1. The molecule has 1 saturated heterocycles. The molecule has 0 aromatic rings. The lowest BCUT2D eigenvalue weighted by molar-refractivity contribution is -0.0511. The van der Waals surface area contributed by atoms with E-state index in [0.717, 1.165) is 12.5 Å². The van der Waals surface area contributed by atoms with Gasteiger partial charge in [0.1, 0.15) is 7.85 Å². The summed E-state index contributed by atoms with van der Waals surface area (Å²) >= 11 is 0. The molecule has 36 heavy (non-hydrogen) atoms. The van der Waals surface area contributed by atoms with Crippen LogP contribution < -0.4 is 0 Å². The van der Waals surface area contributed by atoms with Crippen molar-refractivity contribution in [3.8, 4) is 0 Å². The average Bonchev–Trinajstić information content (AvgIpc) is 3.25. The van der Waals surface area contributed by atoms with Crippen LogP contribution in [0, 0.1) is 11.8 Å². The second-order valence-corrected chi connectivity index (χ2v) is 12.2. The molecule has 0 aromatic carbocycles. The Morgan fingerprint density at radius 1 is 0.611 bits per heavy atom. The zero-order valence-corrected chi connectivity index (χ0v) is 25.7. The summed E-state index contributed by atoms with van der Waals surface area (Å²) < 4.78 is 13.3. The van der Waals surface area contributed by atoms with Crippen LogP contribution in [0.5, 0.6) is 0 Å². The van der Waals surface area contributed by atoms with E-state index in [1.165, 1.54) is 148 Å². The fourth-order valence-corrected chi connectivity index (χ4v) is 6.38. The summed E-state index contributed by atoms with van der Waals surface area (Å²) in [5.41, 5.74) is 0. The zero-order chi connectivity index (χ0) is 26.3. The fourth-order valence-electron chi connectivity index (χ4n) is 6.38. The van der Waals surface area contributed by atoms with Gasteiger partial charge in [0.15, 0.2) is 0 Å². The molecule has 0 aromatic heterocycles. The van der Waals surface area contributed by atoms with Gasteiger partial charge in [0.2, 0.25) is 0 Å². The van der Waals surface area contributed by atoms with E-state index >= 15 is 0 Å². The maximum absolute atomic E-state index is 6.73. The minimum atomic E-state index is 0.324. The highest BCUT2D eigenvalue weighted by atomic mass is 16.5. The summed E-state index contributed by atoms with van der Waals surface area (Å²) in [6.07, 6.45) is 32.0. The molecule has 0 spiro atoms. The Morgan fingerprint density at radius 2 is 1.03 bits per heavy atom. The smallest absolute Gasteiger partial charge is 0.139 e. The largest absolute Gasteiger partial charge is 0.381 e. The number of unbranched alkanes of at least 4 members (excludes halogenated alkanes) is 14. The quantitative estimate of drug-likeness (QED) is 0.0858. The van der Waals surface area contributed by atoms with Crippen LogP contribution in [0.15, 0.2) is 0 Å². The molecule has 1 heterocycles. The molecule has 1 fully saturated rings. The minimum absolute atomic E-state index is 0.324. The summed E-state index contributed by atoms with van der Waals surface area (Å²) in [6, 6.07) is 0.402. The van der Waals surface area contributed by atoms with Crippen molar-refractivity contribution >= 4 is 7.85 Å². The van der Waals surface area contributed by atoms with E-state index in [4.69, 9.17) is 9.47 Å². The molecule has 0 saturated carbocycles. The monoisotopic (exact) mass is 507 g/mol. The van der Waals surface area contributed by atoms with Gasteiger partial charge >= 0.3 is 0 Å². The molecule has 214 valence electrons. The van der Waals surface area contributed by atoms with E-state index in [-0.39, 0.29) is 0 Å². The molecule has 0 N–H and O–H groups in total. The summed E-state index contributed by atoms with van der Waals surface area (Å²) in [5, 5.41) is 0. The SMILES string of the molecule is B[C@H]1C[C@@H](C(CCCCCC)CCCCCC)C(COC(CCCCCCC)CCCCCCC)O1. The Kier molecular flexibility index (Phi) is 22.7. The molecule has 3 heteroatoms. The van der Waals surface area contributed by atoms with Crippen LogP contribution in [0.3, 0.4) is 0 Å². The maximum atomic E-state index is 6.73. The van der Waals surface area contributed by atoms with Crippen molar-refractivity contribution in [2.45, 2.75) is 194 Å². The highest BCUT2D eigenvalue weighted by molar-refractivity contribution is 6.11. The second kappa shape index (κ2) is 24.1. The van der Waals surface area contributed by atoms with Crippen LogP contribution in [-0.2, 0) is 9.47 Å².